The Hall–Kier alpha value is -0.740. The van der Waals surface area contributed by atoms with Crippen molar-refractivity contribution >= 4 is 34.5 Å². The zero-order chi connectivity index (χ0) is 13.1. The van der Waals surface area contributed by atoms with Crippen molar-refractivity contribution < 1.29 is 4.74 Å². The van der Waals surface area contributed by atoms with Gasteiger partial charge in [-0.1, -0.05) is 29.3 Å². The van der Waals surface area contributed by atoms with Crippen LogP contribution in [0.15, 0.2) is 30.3 Å². The predicted molar refractivity (Wildman–Crippen MR) is 78.2 cm³/mol. The molecule has 2 aromatic rings. The first kappa shape index (κ1) is 13.7. The van der Waals surface area contributed by atoms with Crippen LogP contribution in [0.5, 0.6) is 5.75 Å². The van der Waals surface area contributed by atoms with Gasteiger partial charge in [-0.15, -0.1) is 11.3 Å². The molecule has 0 aliphatic rings. The molecule has 5 heteroatoms. The van der Waals surface area contributed by atoms with Gasteiger partial charge >= 0.3 is 0 Å². The molecule has 0 amide bonds. The molecule has 2 rings (SSSR count). The van der Waals surface area contributed by atoms with E-state index in [0.29, 0.717) is 5.02 Å². The molecular weight excluding hydrogens is 289 g/mol. The molecule has 0 aliphatic carbocycles. The lowest BCUT2D eigenvalue weighted by atomic mass is 10.0. The van der Waals surface area contributed by atoms with Crippen LogP contribution in [0.3, 0.4) is 0 Å². The van der Waals surface area contributed by atoms with E-state index in [1.807, 2.05) is 37.4 Å². The molecule has 0 saturated carbocycles. The molecule has 1 unspecified atom stereocenters. The minimum atomic E-state index is 0.0507. The summed E-state index contributed by atoms with van der Waals surface area (Å²) < 4.78 is 6.16. The van der Waals surface area contributed by atoms with Gasteiger partial charge in [0.15, 0.2) is 0 Å². The minimum absolute atomic E-state index is 0.0507. The van der Waals surface area contributed by atoms with Crippen LogP contribution in [0.25, 0.3) is 0 Å². The zero-order valence-corrected chi connectivity index (χ0v) is 12.4. The second-order valence-corrected chi connectivity index (χ2v) is 5.93. The molecule has 1 aromatic heterocycles. The Morgan fingerprint density at radius 1 is 1.22 bits per heavy atom. The first-order chi connectivity index (χ1) is 8.65. The van der Waals surface area contributed by atoms with Gasteiger partial charge in [-0.2, -0.15) is 0 Å². The zero-order valence-electron chi connectivity index (χ0n) is 10.0. The molecule has 1 heterocycles. The first-order valence-electron chi connectivity index (χ1n) is 5.41. The Morgan fingerprint density at radius 2 is 2.00 bits per heavy atom. The van der Waals surface area contributed by atoms with Gasteiger partial charge in [-0.3, -0.25) is 0 Å². The van der Waals surface area contributed by atoms with Crippen LogP contribution < -0.4 is 10.1 Å². The van der Waals surface area contributed by atoms with Gasteiger partial charge < -0.3 is 10.1 Å². The quantitative estimate of drug-likeness (QED) is 0.905. The van der Waals surface area contributed by atoms with Crippen molar-refractivity contribution in [2.45, 2.75) is 6.04 Å². The maximum atomic E-state index is 5.99. The van der Waals surface area contributed by atoms with Gasteiger partial charge in [0.05, 0.1) is 17.5 Å². The SMILES string of the molecule is CNC(c1ccc(Cl)s1)c1ccc(Cl)cc1OC. The largest absolute Gasteiger partial charge is 0.496 e. The summed E-state index contributed by atoms with van der Waals surface area (Å²) in [6.45, 7) is 0. The van der Waals surface area contributed by atoms with Crippen LogP contribution in [0.4, 0.5) is 0 Å². The molecule has 0 radical (unpaired) electrons. The Bertz CT molecular complexity index is 542. The summed E-state index contributed by atoms with van der Waals surface area (Å²) in [5, 5.41) is 3.93. The topological polar surface area (TPSA) is 21.3 Å². The standard InChI is InChI=1S/C13H13Cl2NOS/c1-16-13(11-5-6-12(15)18-11)9-4-3-8(14)7-10(9)17-2/h3-7,13,16H,1-2H3. The number of benzene rings is 1. The third-order valence-corrected chi connectivity index (χ3v) is 4.20. The summed E-state index contributed by atoms with van der Waals surface area (Å²) in [7, 11) is 3.55. The van der Waals surface area contributed by atoms with Gasteiger partial charge in [0.2, 0.25) is 0 Å². The summed E-state index contributed by atoms with van der Waals surface area (Å²) in [6.07, 6.45) is 0. The molecule has 1 N–H and O–H groups in total. The lowest BCUT2D eigenvalue weighted by Gasteiger charge is -2.18. The van der Waals surface area contributed by atoms with Crippen molar-refractivity contribution in [3.8, 4) is 5.75 Å². The number of methoxy groups -OCH3 is 1. The lowest BCUT2D eigenvalue weighted by Crippen LogP contribution is -2.17. The highest BCUT2D eigenvalue weighted by molar-refractivity contribution is 7.16. The number of thiophene rings is 1. The fraction of sp³-hybridized carbons (Fsp3) is 0.231. The van der Waals surface area contributed by atoms with E-state index in [1.54, 1.807) is 18.4 Å². The van der Waals surface area contributed by atoms with Crippen molar-refractivity contribution in [2.75, 3.05) is 14.2 Å². The predicted octanol–water partition coefficient (Wildman–Crippen LogP) is 4.37. The second kappa shape index (κ2) is 5.93. The second-order valence-electron chi connectivity index (χ2n) is 3.75. The fourth-order valence-corrected chi connectivity index (χ4v) is 3.21. The van der Waals surface area contributed by atoms with Crippen molar-refractivity contribution in [3.05, 3.63) is 50.1 Å². The molecule has 0 spiro atoms. The Balaban J connectivity index is 2.44. The Labute approximate surface area is 120 Å². The number of ether oxygens (including phenoxy) is 1. The molecule has 0 saturated heterocycles. The normalized spacial score (nSPS) is 12.4. The molecule has 2 nitrogen and oxygen atoms in total. The summed E-state index contributed by atoms with van der Waals surface area (Å²) in [4.78, 5) is 1.14. The summed E-state index contributed by atoms with van der Waals surface area (Å²) in [5.41, 5.74) is 1.04. The lowest BCUT2D eigenvalue weighted by molar-refractivity contribution is 0.406. The number of rotatable bonds is 4. The van der Waals surface area contributed by atoms with Crippen LogP contribution in [-0.2, 0) is 0 Å². The third-order valence-electron chi connectivity index (χ3n) is 2.67. The van der Waals surface area contributed by atoms with Gasteiger partial charge in [-0.05, 0) is 31.3 Å². The van der Waals surface area contributed by atoms with Crippen LogP contribution in [0.2, 0.25) is 9.36 Å². The molecule has 1 atom stereocenters. The molecule has 0 fully saturated rings. The van der Waals surface area contributed by atoms with E-state index in [4.69, 9.17) is 27.9 Å². The van der Waals surface area contributed by atoms with E-state index in [9.17, 15) is 0 Å². The van der Waals surface area contributed by atoms with Crippen LogP contribution in [-0.4, -0.2) is 14.2 Å². The van der Waals surface area contributed by atoms with Crippen LogP contribution >= 0.6 is 34.5 Å². The third kappa shape index (κ3) is 2.81. The Kier molecular flexibility index (Phi) is 4.51. The first-order valence-corrected chi connectivity index (χ1v) is 6.99. The summed E-state index contributed by atoms with van der Waals surface area (Å²) >= 11 is 13.5. The summed E-state index contributed by atoms with van der Waals surface area (Å²) in [5.74, 6) is 0.770. The molecular formula is C13H13Cl2NOS. The highest BCUT2D eigenvalue weighted by Crippen LogP contribution is 2.36. The van der Waals surface area contributed by atoms with Crippen molar-refractivity contribution in [1.82, 2.24) is 5.32 Å². The van der Waals surface area contributed by atoms with E-state index < -0.39 is 0 Å². The van der Waals surface area contributed by atoms with E-state index >= 15 is 0 Å². The molecule has 18 heavy (non-hydrogen) atoms. The number of hydrogen-bond acceptors (Lipinski definition) is 3. The number of nitrogens with one attached hydrogen (secondary N) is 1. The fourth-order valence-electron chi connectivity index (χ4n) is 1.86. The number of hydrogen-bond donors (Lipinski definition) is 1. The average Bonchev–Trinajstić information content (AvgIpc) is 2.78. The van der Waals surface area contributed by atoms with Gasteiger partial charge in [-0.25, -0.2) is 0 Å². The maximum absolute atomic E-state index is 5.99. The van der Waals surface area contributed by atoms with Crippen molar-refractivity contribution in [3.63, 3.8) is 0 Å². The molecule has 0 aliphatic heterocycles. The summed E-state index contributed by atoms with van der Waals surface area (Å²) in [6, 6.07) is 9.61. The van der Waals surface area contributed by atoms with Crippen molar-refractivity contribution in [2.24, 2.45) is 0 Å². The van der Waals surface area contributed by atoms with Crippen LogP contribution in [0, 0.1) is 0 Å². The van der Waals surface area contributed by atoms with E-state index in [2.05, 4.69) is 5.32 Å². The minimum Gasteiger partial charge on any atom is -0.496 e. The van der Waals surface area contributed by atoms with Gasteiger partial charge in [0.25, 0.3) is 0 Å². The van der Waals surface area contributed by atoms with E-state index in [-0.39, 0.29) is 6.04 Å². The van der Waals surface area contributed by atoms with Crippen molar-refractivity contribution in [1.29, 1.82) is 0 Å². The average molecular weight is 302 g/mol. The molecule has 96 valence electrons. The van der Waals surface area contributed by atoms with E-state index in [0.717, 1.165) is 20.5 Å². The van der Waals surface area contributed by atoms with Gasteiger partial charge in [0, 0.05) is 15.5 Å². The highest BCUT2D eigenvalue weighted by atomic mass is 35.5. The molecule has 0 bridgehead atoms. The van der Waals surface area contributed by atoms with Gasteiger partial charge in [0.1, 0.15) is 5.75 Å². The molecule has 1 aromatic carbocycles. The maximum Gasteiger partial charge on any atom is 0.125 e. The number of halogens is 2. The van der Waals surface area contributed by atoms with Crippen LogP contribution in [0.1, 0.15) is 16.5 Å². The highest BCUT2D eigenvalue weighted by Gasteiger charge is 2.18. The smallest absolute Gasteiger partial charge is 0.125 e. The monoisotopic (exact) mass is 301 g/mol. The Morgan fingerprint density at radius 3 is 2.56 bits per heavy atom. The van der Waals surface area contributed by atoms with E-state index in [1.165, 1.54) is 0 Å².